The molecule has 0 radical (unpaired) electrons. The zero-order valence-corrected chi connectivity index (χ0v) is 13.3. The van der Waals surface area contributed by atoms with Crippen LogP contribution in [0.2, 0.25) is 0 Å². The first-order valence-electron chi connectivity index (χ1n) is 7.49. The molecule has 0 spiro atoms. The summed E-state index contributed by atoms with van der Waals surface area (Å²) in [7, 11) is 4.10. The molecule has 0 saturated heterocycles. The Labute approximate surface area is 134 Å². The van der Waals surface area contributed by atoms with E-state index < -0.39 is 0 Å². The second-order valence-corrected chi connectivity index (χ2v) is 5.80. The van der Waals surface area contributed by atoms with E-state index in [2.05, 4.69) is 17.0 Å². The van der Waals surface area contributed by atoms with Crippen LogP contribution < -0.4 is 10.4 Å². The second kappa shape index (κ2) is 6.67. The highest BCUT2D eigenvalue weighted by Gasteiger charge is 2.02. The largest absolute Gasteiger partial charge is 0.489 e. The van der Waals surface area contributed by atoms with Gasteiger partial charge in [-0.25, -0.2) is 4.79 Å². The summed E-state index contributed by atoms with van der Waals surface area (Å²) in [5, 5.41) is 0.880. The third-order valence-corrected chi connectivity index (χ3v) is 3.49. The van der Waals surface area contributed by atoms with Gasteiger partial charge >= 0.3 is 5.63 Å². The molecular weight excluding hydrogens is 290 g/mol. The monoisotopic (exact) mass is 309 g/mol. The summed E-state index contributed by atoms with van der Waals surface area (Å²) in [5.41, 5.74) is 2.54. The molecule has 0 aliphatic carbocycles. The Hall–Kier alpha value is -2.59. The predicted octanol–water partition coefficient (Wildman–Crippen LogP) is 3.43. The van der Waals surface area contributed by atoms with Gasteiger partial charge in [-0.15, -0.1) is 0 Å². The van der Waals surface area contributed by atoms with Crippen molar-refractivity contribution in [3.8, 4) is 5.75 Å². The van der Waals surface area contributed by atoms with Gasteiger partial charge in [0.1, 0.15) is 17.9 Å². The molecule has 3 aromatic rings. The Morgan fingerprint density at radius 2 is 1.78 bits per heavy atom. The van der Waals surface area contributed by atoms with Gasteiger partial charge in [-0.05, 0) is 43.4 Å². The van der Waals surface area contributed by atoms with E-state index in [9.17, 15) is 4.79 Å². The second-order valence-electron chi connectivity index (χ2n) is 5.80. The lowest BCUT2D eigenvalue weighted by Gasteiger charge is -2.11. The minimum Gasteiger partial charge on any atom is -0.489 e. The zero-order chi connectivity index (χ0) is 16.2. The fourth-order valence-corrected chi connectivity index (χ4v) is 2.48. The summed E-state index contributed by atoms with van der Waals surface area (Å²) in [4.78, 5) is 13.4. The van der Waals surface area contributed by atoms with Crippen LogP contribution in [-0.2, 0) is 13.2 Å². The molecule has 0 unspecified atom stereocenters. The van der Waals surface area contributed by atoms with Gasteiger partial charge in [0.25, 0.3) is 0 Å². The Morgan fingerprint density at radius 3 is 2.61 bits per heavy atom. The average Bonchev–Trinajstić information content (AvgIpc) is 2.52. The van der Waals surface area contributed by atoms with Crippen molar-refractivity contribution in [3.63, 3.8) is 0 Å². The Bertz CT molecular complexity index is 868. The molecule has 0 fully saturated rings. The molecule has 0 atom stereocenters. The third kappa shape index (κ3) is 3.99. The van der Waals surface area contributed by atoms with Crippen LogP contribution in [-0.4, -0.2) is 19.0 Å². The van der Waals surface area contributed by atoms with E-state index in [1.54, 1.807) is 12.1 Å². The molecule has 23 heavy (non-hydrogen) atoms. The topological polar surface area (TPSA) is 42.7 Å². The fourth-order valence-electron chi connectivity index (χ4n) is 2.48. The average molecular weight is 309 g/mol. The number of fused-ring (bicyclic) bond motifs is 1. The van der Waals surface area contributed by atoms with Crippen molar-refractivity contribution in [3.05, 3.63) is 76.1 Å². The fraction of sp³-hybridized carbons (Fsp3) is 0.211. The molecule has 0 amide bonds. The first kappa shape index (κ1) is 15.3. The number of benzene rings is 2. The van der Waals surface area contributed by atoms with Gasteiger partial charge in [0.15, 0.2) is 0 Å². The molecule has 3 rings (SSSR count). The number of nitrogens with zero attached hydrogens (tertiary/aromatic N) is 1. The smallest absolute Gasteiger partial charge is 0.336 e. The highest BCUT2D eigenvalue weighted by molar-refractivity contribution is 5.77. The van der Waals surface area contributed by atoms with E-state index in [1.807, 2.05) is 38.4 Å². The van der Waals surface area contributed by atoms with Crippen LogP contribution in [0.4, 0.5) is 0 Å². The molecular formula is C19H19NO3. The molecule has 1 aromatic heterocycles. The van der Waals surface area contributed by atoms with Gasteiger partial charge in [-0.2, -0.15) is 0 Å². The predicted molar refractivity (Wildman–Crippen MR) is 90.6 cm³/mol. The third-order valence-electron chi connectivity index (χ3n) is 3.49. The molecule has 0 N–H and O–H groups in total. The SMILES string of the molecule is CN(C)Cc1cccc(COc2ccc3ccc(=O)oc3c2)c1. The normalized spacial score (nSPS) is 11.1. The maximum absolute atomic E-state index is 11.3. The van der Waals surface area contributed by atoms with Crippen molar-refractivity contribution in [2.75, 3.05) is 14.1 Å². The first-order chi connectivity index (χ1) is 11.1. The number of hydrogen-bond acceptors (Lipinski definition) is 4. The Balaban J connectivity index is 1.74. The van der Waals surface area contributed by atoms with Crippen LogP contribution in [0.3, 0.4) is 0 Å². The van der Waals surface area contributed by atoms with E-state index in [0.29, 0.717) is 17.9 Å². The highest BCUT2D eigenvalue weighted by Crippen LogP contribution is 2.20. The van der Waals surface area contributed by atoms with Gasteiger partial charge in [-0.3, -0.25) is 0 Å². The Morgan fingerprint density at radius 1 is 1.00 bits per heavy atom. The van der Waals surface area contributed by atoms with Crippen molar-refractivity contribution in [2.45, 2.75) is 13.2 Å². The summed E-state index contributed by atoms with van der Waals surface area (Å²) in [6.07, 6.45) is 0. The molecule has 118 valence electrons. The quantitative estimate of drug-likeness (QED) is 0.677. The molecule has 0 aliphatic rings. The maximum Gasteiger partial charge on any atom is 0.336 e. The van der Waals surface area contributed by atoms with Crippen molar-refractivity contribution in [1.29, 1.82) is 0 Å². The van der Waals surface area contributed by atoms with Crippen molar-refractivity contribution in [2.24, 2.45) is 0 Å². The van der Waals surface area contributed by atoms with E-state index in [1.165, 1.54) is 11.6 Å². The summed E-state index contributed by atoms with van der Waals surface area (Å²) < 4.78 is 11.0. The van der Waals surface area contributed by atoms with Gasteiger partial charge in [0, 0.05) is 24.1 Å². The van der Waals surface area contributed by atoms with E-state index in [-0.39, 0.29) is 5.63 Å². The van der Waals surface area contributed by atoms with E-state index >= 15 is 0 Å². The summed E-state index contributed by atoms with van der Waals surface area (Å²) in [6.45, 7) is 1.37. The lowest BCUT2D eigenvalue weighted by molar-refractivity contribution is 0.305. The van der Waals surface area contributed by atoms with Gasteiger partial charge in [0.05, 0.1) is 0 Å². The molecule has 4 heteroatoms. The lowest BCUT2D eigenvalue weighted by Crippen LogP contribution is -2.10. The van der Waals surface area contributed by atoms with Crippen molar-refractivity contribution < 1.29 is 9.15 Å². The summed E-state index contributed by atoms with van der Waals surface area (Å²) in [5.74, 6) is 0.685. The number of rotatable bonds is 5. The van der Waals surface area contributed by atoms with Crippen LogP contribution in [0, 0.1) is 0 Å². The van der Waals surface area contributed by atoms with Gasteiger partial charge < -0.3 is 14.1 Å². The standard InChI is InChI=1S/C19H19NO3/c1-20(2)12-14-4-3-5-15(10-14)13-22-17-8-6-16-7-9-19(21)23-18(16)11-17/h3-11H,12-13H2,1-2H3. The summed E-state index contributed by atoms with van der Waals surface area (Å²) >= 11 is 0. The molecule has 0 aliphatic heterocycles. The minimum absolute atomic E-state index is 0.356. The molecule has 2 aromatic carbocycles. The molecule has 1 heterocycles. The Kier molecular flexibility index (Phi) is 4.44. The van der Waals surface area contributed by atoms with Crippen LogP contribution in [0.25, 0.3) is 11.0 Å². The van der Waals surface area contributed by atoms with Crippen LogP contribution in [0.15, 0.2) is 63.8 Å². The number of hydrogen-bond donors (Lipinski definition) is 0. The van der Waals surface area contributed by atoms with E-state index in [4.69, 9.17) is 9.15 Å². The zero-order valence-electron chi connectivity index (χ0n) is 13.3. The number of ether oxygens (including phenoxy) is 1. The van der Waals surface area contributed by atoms with Crippen LogP contribution in [0.5, 0.6) is 5.75 Å². The molecule has 0 bridgehead atoms. The summed E-state index contributed by atoms with van der Waals surface area (Å²) in [6, 6.07) is 17.0. The van der Waals surface area contributed by atoms with Crippen LogP contribution >= 0.6 is 0 Å². The molecule has 4 nitrogen and oxygen atoms in total. The van der Waals surface area contributed by atoms with E-state index in [0.717, 1.165) is 17.5 Å². The van der Waals surface area contributed by atoms with Crippen molar-refractivity contribution >= 4 is 11.0 Å². The van der Waals surface area contributed by atoms with Gasteiger partial charge in [0.2, 0.25) is 0 Å². The molecule has 0 saturated carbocycles. The lowest BCUT2D eigenvalue weighted by atomic mass is 10.1. The maximum atomic E-state index is 11.3. The highest BCUT2D eigenvalue weighted by atomic mass is 16.5. The van der Waals surface area contributed by atoms with Gasteiger partial charge in [-0.1, -0.05) is 24.3 Å². The minimum atomic E-state index is -0.356. The first-order valence-corrected chi connectivity index (χ1v) is 7.49. The van der Waals surface area contributed by atoms with Crippen molar-refractivity contribution in [1.82, 2.24) is 4.90 Å². The van der Waals surface area contributed by atoms with Crippen LogP contribution in [0.1, 0.15) is 11.1 Å².